The average Bonchev–Trinajstić information content (AvgIpc) is 3.15. The van der Waals surface area contributed by atoms with E-state index in [9.17, 15) is 13.2 Å². The molecule has 2 fully saturated rings. The van der Waals surface area contributed by atoms with Crippen molar-refractivity contribution >= 4 is 15.9 Å². The predicted molar refractivity (Wildman–Crippen MR) is 102 cm³/mol. The number of likely N-dealkylation sites (tertiary alicyclic amines) is 1. The van der Waals surface area contributed by atoms with Crippen LogP contribution in [0.1, 0.15) is 30.4 Å². The van der Waals surface area contributed by atoms with Gasteiger partial charge in [-0.05, 0) is 57.0 Å². The zero-order valence-electron chi connectivity index (χ0n) is 15.8. The van der Waals surface area contributed by atoms with Crippen LogP contribution in [0.4, 0.5) is 0 Å². The second-order valence-corrected chi connectivity index (χ2v) is 9.26. The number of benzene rings is 1. The van der Waals surface area contributed by atoms with Gasteiger partial charge in [0.1, 0.15) is 0 Å². The van der Waals surface area contributed by atoms with Gasteiger partial charge >= 0.3 is 0 Å². The maximum absolute atomic E-state index is 13.0. The summed E-state index contributed by atoms with van der Waals surface area (Å²) in [6, 6.07) is 5.50. The summed E-state index contributed by atoms with van der Waals surface area (Å²) in [6.45, 7) is 8.41. The molecular formula is C19H29N3O3S. The fraction of sp³-hybridized carbons (Fsp3) is 0.632. The lowest BCUT2D eigenvalue weighted by Crippen LogP contribution is -2.50. The lowest BCUT2D eigenvalue weighted by Gasteiger charge is -2.34. The Balaban J connectivity index is 1.57. The molecule has 1 amide bonds. The lowest BCUT2D eigenvalue weighted by atomic mass is 10.2. The zero-order valence-corrected chi connectivity index (χ0v) is 16.6. The number of carbonyl (C=O) groups excluding carboxylic acids is 1. The summed E-state index contributed by atoms with van der Waals surface area (Å²) >= 11 is 0. The number of carbonyl (C=O) groups is 1. The third-order valence-electron chi connectivity index (χ3n) is 5.39. The van der Waals surface area contributed by atoms with E-state index in [4.69, 9.17) is 0 Å². The Hall–Kier alpha value is -1.44. The summed E-state index contributed by atoms with van der Waals surface area (Å²) in [7, 11) is -3.50. The fourth-order valence-electron chi connectivity index (χ4n) is 3.72. The Morgan fingerprint density at radius 3 is 2.31 bits per heavy atom. The van der Waals surface area contributed by atoms with E-state index in [1.807, 2.05) is 30.9 Å². The molecule has 0 atom stereocenters. The van der Waals surface area contributed by atoms with Crippen molar-refractivity contribution in [1.82, 2.24) is 14.1 Å². The van der Waals surface area contributed by atoms with Gasteiger partial charge in [0.05, 0.1) is 4.90 Å². The Kier molecular flexibility index (Phi) is 5.99. The van der Waals surface area contributed by atoms with Crippen molar-refractivity contribution in [3.05, 3.63) is 29.3 Å². The molecule has 2 aliphatic heterocycles. The highest BCUT2D eigenvalue weighted by Crippen LogP contribution is 2.22. The van der Waals surface area contributed by atoms with Crippen molar-refractivity contribution in [2.24, 2.45) is 0 Å². The van der Waals surface area contributed by atoms with Crippen LogP contribution in [0.25, 0.3) is 0 Å². The topological polar surface area (TPSA) is 60.9 Å². The number of hydrogen-bond acceptors (Lipinski definition) is 4. The van der Waals surface area contributed by atoms with Gasteiger partial charge in [-0.1, -0.05) is 12.1 Å². The first kappa shape index (κ1) is 19.3. The molecule has 2 saturated heterocycles. The first-order valence-electron chi connectivity index (χ1n) is 9.45. The second-order valence-electron chi connectivity index (χ2n) is 7.35. The summed E-state index contributed by atoms with van der Waals surface area (Å²) in [5.41, 5.74) is 1.70. The maximum Gasteiger partial charge on any atom is 0.243 e. The molecule has 0 saturated carbocycles. The first-order chi connectivity index (χ1) is 12.4. The average molecular weight is 380 g/mol. The van der Waals surface area contributed by atoms with E-state index < -0.39 is 10.0 Å². The van der Waals surface area contributed by atoms with Gasteiger partial charge in [-0.25, -0.2) is 8.42 Å². The summed E-state index contributed by atoms with van der Waals surface area (Å²) < 4.78 is 27.4. The number of piperazine rings is 1. The van der Waals surface area contributed by atoms with Gasteiger partial charge in [0, 0.05) is 39.1 Å². The highest BCUT2D eigenvalue weighted by Gasteiger charge is 2.31. The summed E-state index contributed by atoms with van der Waals surface area (Å²) in [6.07, 6.45) is 2.98. The molecule has 1 aromatic rings. The number of hydrogen-bond donors (Lipinski definition) is 0. The fourth-order valence-corrected chi connectivity index (χ4v) is 5.45. The van der Waals surface area contributed by atoms with Gasteiger partial charge in [-0.15, -0.1) is 0 Å². The zero-order chi connectivity index (χ0) is 18.7. The number of nitrogens with zero attached hydrogens (tertiary/aromatic N) is 3. The number of rotatable bonds is 5. The van der Waals surface area contributed by atoms with E-state index >= 15 is 0 Å². The molecule has 0 bridgehead atoms. The molecule has 0 aliphatic carbocycles. The Bertz CT molecular complexity index is 749. The van der Waals surface area contributed by atoms with Crippen LogP contribution in [-0.4, -0.2) is 74.2 Å². The van der Waals surface area contributed by atoms with Crippen molar-refractivity contribution in [2.75, 3.05) is 45.8 Å². The highest BCUT2D eigenvalue weighted by atomic mass is 32.2. The first-order valence-corrected chi connectivity index (χ1v) is 10.9. The molecule has 2 heterocycles. The van der Waals surface area contributed by atoms with Crippen LogP contribution >= 0.6 is 0 Å². The second kappa shape index (κ2) is 8.06. The predicted octanol–water partition coefficient (Wildman–Crippen LogP) is 1.62. The summed E-state index contributed by atoms with van der Waals surface area (Å²) in [5.74, 6) is 0.140. The van der Waals surface area contributed by atoms with Gasteiger partial charge < -0.3 is 9.80 Å². The molecule has 7 heteroatoms. The number of sulfonamides is 1. The van der Waals surface area contributed by atoms with E-state index in [1.165, 1.54) is 17.1 Å². The Morgan fingerprint density at radius 1 is 1.00 bits per heavy atom. The number of aryl methyl sites for hydroxylation is 2. The Morgan fingerprint density at radius 2 is 1.65 bits per heavy atom. The van der Waals surface area contributed by atoms with Gasteiger partial charge in [0.25, 0.3) is 0 Å². The van der Waals surface area contributed by atoms with Crippen LogP contribution in [0.15, 0.2) is 23.1 Å². The SMILES string of the molecule is Cc1ccc(C)c(S(=O)(=O)N2CCN(C(=O)CCN3CCCC3)CC2)c1. The maximum atomic E-state index is 13.0. The number of amides is 1. The van der Waals surface area contributed by atoms with Gasteiger partial charge in [-0.2, -0.15) is 4.31 Å². The van der Waals surface area contributed by atoms with Crippen LogP contribution in [0.5, 0.6) is 0 Å². The van der Waals surface area contributed by atoms with Crippen LogP contribution in [0, 0.1) is 13.8 Å². The van der Waals surface area contributed by atoms with Crippen molar-refractivity contribution in [3.63, 3.8) is 0 Å². The van der Waals surface area contributed by atoms with Crippen LogP contribution < -0.4 is 0 Å². The molecule has 0 spiro atoms. The molecule has 144 valence electrons. The normalized spacial score (nSPS) is 19.8. The smallest absolute Gasteiger partial charge is 0.243 e. The minimum Gasteiger partial charge on any atom is -0.340 e. The summed E-state index contributed by atoms with van der Waals surface area (Å²) in [5, 5.41) is 0. The van der Waals surface area contributed by atoms with Crippen LogP contribution in [-0.2, 0) is 14.8 Å². The quantitative estimate of drug-likeness (QED) is 0.780. The molecule has 1 aromatic carbocycles. The van der Waals surface area contributed by atoms with Crippen molar-refractivity contribution < 1.29 is 13.2 Å². The molecule has 0 aromatic heterocycles. The molecule has 26 heavy (non-hydrogen) atoms. The molecule has 3 rings (SSSR count). The molecular weight excluding hydrogens is 350 g/mol. The summed E-state index contributed by atoms with van der Waals surface area (Å²) in [4.78, 5) is 16.9. The van der Waals surface area contributed by atoms with E-state index in [-0.39, 0.29) is 5.91 Å². The molecule has 2 aliphatic rings. The lowest BCUT2D eigenvalue weighted by molar-refractivity contribution is -0.132. The van der Waals surface area contributed by atoms with E-state index in [0.29, 0.717) is 37.5 Å². The van der Waals surface area contributed by atoms with Crippen molar-refractivity contribution in [1.29, 1.82) is 0 Å². The van der Waals surface area contributed by atoms with Crippen LogP contribution in [0.3, 0.4) is 0 Å². The minimum atomic E-state index is -3.50. The highest BCUT2D eigenvalue weighted by molar-refractivity contribution is 7.89. The van der Waals surface area contributed by atoms with Gasteiger partial charge in [0.15, 0.2) is 0 Å². The standard InChI is InChI=1S/C19H29N3O3S/c1-16-5-6-17(2)18(15-16)26(24,25)22-13-11-21(12-14-22)19(23)7-10-20-8-3-4-9-20/h5-6,15H,3-4,7-14H2,1-2H3. The van der Waals surface area contributed by atoms with Gasteiger partial charge in [0.2, 0.25) is 15.9 Å². The molecule has 0 unspecified atom stereocenters. The third-order valence-corrected chi connectivity index (χ3v) is 7.43. The van der Waals surface area contributed by atoms with Gasteiger partial charge in [-0.3, -0.25) is 4.79 Å². The van der Waals surface area contributed by atoms with E-state index in [2.05, 4.69) is 4.90 Å². The van der Waals surface area contributed by atoms with E-state index in [0.717, 1.165) is 30.8 Å². The van der Waals surface area contributed by atoms with Crippen LogP contribution in [0.2, 0.25) is 0 Å². The monoisotopic (exact) mass is 379 g/mol. The molecule has 6 nitrogen and oxygen atoms in total. The van der Waals surface area contributed by atoms with Crippen molar-refractivity contribution in [3.8, 4) is 0 Å². The van der Waals surface area contributed by atoms with Crippen molar-refractivity contribution in [2.45, 2.75) is 38.0 Å². The largest absolute Gasteiger partial charge is 0.340 e. The Labute approximate surface area is 156 Å². The van der Waals surface area contributed by atoms with E-state index in [1.54, 1.807) is 6.07 Å². The third kappa shape index (κ3) is 4.27. The minimum absolute atomic E-state index is 0.140. The molecule has 0 N–H and O–H groups in total. The molecule has 0 radical (unpaired) electrons.